The van der Waals surface area contributed by atoms with Gasteiger partial charge in [-0.2, -0.15) is 0 Å². The molecule has 16 nitrogen and oxygen atoms in total. The van der Waals surface area contributed by atoms with E-state index < -0.39 is 127 Å². The van der Waals surface area contributed by atoms with Crippen molar-refractivity contribution in [1.29, 1.82) is 0 Å². The number of hydrogen-bond acceptors (Lipinski definition) is 16. The second-order valence-corrected chi connectivity index (χ2v) is 26.1. The summed E-state index contributed by atoms with van der Waals surface area (Å²) in [4.78, 5) is 87.2. The van der Waals surface area contributed by atoms with Gasteiger partial charge in [-0.15, -0.1) is 11.3 Å². The summed E-state index contributed by atoms with van der Waals surface area (Å²) in [5.41, 5.74) is -8.03. The van der Waals surface area contributed by atoms with Crippen molar-refractivity contribution in [3.8, 4) is 0 Å². The van der Waals surface area contributed by atoms with Gasteiger partial charge in [0.2, 0.25) is 8.32 Å². The molecule has 4 aliphatic rings. The summed E-state index contributed by atoms with van der Waals surface area (Å²) in [6.07, 6.45) is -9.36. The van der Waals surface area contributed by atoms with Crippen LogP contribution in [0.3, 0.4) is 0 Å². The lowest BCUT2D eigenvalue weighted by atomic mass is 9.44. The summed E-state index contributed by atoms with van der Waals surface area (Å²) in [6.45, 7) is 19.7. The molecule has 3 aromatic rings. The maximum atomic E-state index is 16.5. The number of aliphatic hydroxyl groups is 1. The molecule has 384 valence electrons. The zero-order chi connectivity index (χ0) is 52.1. The summed E-state index contributed by atoms with van der Waals surface area (Å²) in [5, 5.41) is 19.7. The predicted molar refractivity (Wildman–Crippen MR) is 263 cm³/mol. The van der Waals surface area contributed by atoms with Crippen LogP contribution in [0, 0.1) is 22.7 Å². The molecule has 18 heteroatoms. The molecule has 7 rings (SSSR count). The van der Waals surface area contributed by atoms with E-state index in [0.717, 1.165) is 5.19 Å². The normalized spacial score (nSPS) is 29.8. The van der Waals surface area contributed by atoms with E-state index in [1.54, 1.807) is 110 Å². The highest BCUT2D eigenvalue weighted by molar-refractivity contribution is 7.10. The Kier molecular flexibility index (Phi) is 15.0. The molecule has 1 saturated heterocycles. The first kappa shape index (κ1) is 53.4. The molecule has 2 heterocycles. The minimum atomic E-state index is -3.01. The number of Topliss-reactive ketones (excluding diaryl/α,β-unsaturated/α-hetero) is 1. The van der Waals surface area contributed by atoms with Gasteiger partial charge in [0.15, 0.2) is 17.5 Å². The Morgan fingerprint density at radius 2 is 1.59 bits per heavy atom. The fourth-order valence-corrected chi connectivity index (χ4v) is 14.3. The maximum Gasteiger partial charge on any atom is 0.509 e. The Bertz CT molecular complexity index is 2530. The summed E-state index contributed by atoms with van der Waals surface area (Å²) < 4.78 is 50.2. The number of hydrogen-bond donors (Lipinski definition) is 2. The van der Waals surface area contributed by atoms with Crippen LogP contribution in [0.5, 0.6) is 0 Å². The van der Waals surface area contributed by atoms with Crippen molar-refractivity contribution in [3.63, 3.8) is 0 Å². The fraction of sp³-hybridized carbons (Fsp3) is 0.547. The van der Waals surface area contributed by atoms with Crippen molar-refractivity contribution in [2.75, 3.05) is 13.2 Å². The van der Waals surface area contributed by atoms with E-state index in [0.29, 0.717) is 4.88 Å². The molecule has 71 heavy (non-hydrogen) atoms. The lowest BCUT2D eigenvalue weighted by Gasteiger charge is -2.68. The number of esters is 3. The summed E-state index contributed by atoms with van der Waals surface area (Å²) in [6, 6.07) is 20.3. The highest BCUT2D eigenvalue weighted by Gasteiger charge is 2.79. The number of benzene rings is 2. The number of nitrogens with one attached hydrogen (secondary N) is 1. The molecule has 2 saturated carbocycles. The summed E-state index contributed by atoms with van der Waals surface area (Å²) >= 11 is 1.31. The molecule has 0 spiro atoms. The Labute approximate surface area is 420 Å². The van der Waals surface area contributed by atoms with Crippen LogP contribution in [0.15, 0.2) is 89.3 Å². The lowest BCUT2D eigenvalue weighted by Crippen LogP contribution is -2.82. The third kappa shape index (κ3) is 9.94. The highest BCUT2D eigenvalue weighted by atomic mass is 32.1. The molecule has 3 fully saturated rings. The van der Waals surface area contributed by atoms with E-state index in [-0.39, 0.29) is 36.3 Å². The molecule has 1 amide bonds. The molecule has 3 aliphatic carbocycles. The van der Waals surface area contributed by atoms with Crippen LogP contribution < -0.4 is 10.5 Å². The molecule has 11 atom stereocenters. The van der Waals surface area contributed by atoms with Crippen molar-refractivity contribution >= 4 is 60.8 Å². The van der Waals surface area contributed by atoms with Crippen LogP contribution >= 0.6 is 11.3 Å². The Hall–Kier alpha value is -5.40. The van der Waals surface area contributed by atoms with Gasteiger partial charge >= 0.3 is 30.2 Å². The van der Waals surface area contributed by atoms with Gasteiger partial charge in [0, 0.05) is 30.1 Å². The zero-order valence-electron chi connectivity index (χ0n) is 42.5. The van der Waals surface area contributed by atoms with Crippen molar-refractivity contribution in [2.24, 2.45) is 22.7 Å². The van der Waals surface area contributed by atoms with E-state index in [1.807, 2.05) is 43.4 Å². The van der Waals surface area contributed by atoms with E-state index in [2.05, 4.69) is 5.32 Å². The second kappa shape index (κ2) is 19.9. The number of fused-ring (bicyclic) bond motifs is 5. The third-order valence-electron chi connectivity index (χ3n) is 14.9. The van der Waals surface area contributed by atoms with E-state index >= 15 is 4.79 Å². The molecule has 2 aromatic carbocycles. The van der Waals surface area contributed by atoms with E-state index in [9.17, 15) is 29.1 Å². The summed E-state index contributed by atoms with van der Waals surface area (Å²) in [5.74, 6) is -5.65. The van der Waals surface area contributed by atoms with Gasteiger partial charge in [-0.05, 0) is 101 Å². The standard InChI is InChI=1S/C53H67NO15SSi/c1-13-62-48(60)65-41-39-30(2)35(64-45(57)31(3)40(36-25-20-26-70-36)54-47(59)68-49(5,6)7)28-53(61,50(39,8)9)44(66-46(58)33-21-16-14-17-22-33)42-51(10,43(41)56)37(27-38-52(42,29-63-38)67-32(4)55)69-71(11,12)34-23-18-15-19-24-34/h14-26,31,35,37-38,40-42,44,61H,13,27-29H2,1-12H3,(H,54,59)/t31-,35+,37+,38-,40-,41-,42?,44?,51-,52+,53-/m1/s1. The van der Waals surface area contributed by atoms with Crippen molar-refractivity contribution < 1.29 is 71.5 Å². The number of ketones is 1. The van der Waals surface area contributed by atoms with Gasteiger partial charge in [0.25, 0.3) is 0 Å². The molecule has 2 N–H and O–H groups in total. The number of carbonyl (C=O) groups excluding carboxylic acids is 6. The van der Waals surface area contributed by atoms with Crippen LogP contribution in [0.4, 0.5) is 9.59 Å². The third-order valence-corrected chi connectivity index (χ3v) is 18.5. The van der Waals surface area contributed by atoms with Crippen LogP contribution in [-0.4, -0.2) is 110 Å². The van der Waals surface area contributed by atoms with Crippen LogP contribution in [0.25, 0.3) is 0 Å². The Morgan fingerprint density at radius 3 is 2.15 bits per heavy atom. The van der Waals surface area contributed by atoms with Crippen molar-refractivity contribution in [1.82, 2.24) is 5.32 Å². The molecule has 0 radical (unpaired) electrons. The van der Waals surface area contributed by atoms with E-state index in [1.165, 1.54) is 18.3 Å². The smallest absolute Gasteiger partial charge is 0.457 e. The number of amides is 1. The van der Waals surface area contributed by atoms with Gasteiger partial charge in [-0.25, -0.2) is 14.4 Å². The summed E-state index contributed by atoms with van der Waals surface area (Å²) in [7, 11) is -3.01. The Morgan fingerprint density at radius 1 is 0.944 bits per heavy atom. The first-order valence-corrected chi connectivity index (χ1v) is 27.9. The number of rotatable bonds is 13. The van der Waals surface area contributed by atoms with Crippen LogP contribution in [0.1, 0.15) is 103 Å². The van der Waals surface area contributed by atoms with Crippen LogP contribution in [0.2, 0.25) is 13.1 Å². The SMILES string of the molecule is CCOC(=O)O[C@H]1C(=O)[C@@]2(C)C(C(OC(=O)c3ccccc3)[C@]3(O)C[C@H](OC(=O)[C@H](C)[C@@H](NC(=O)OC(C)(C)C)c4cccs4)C(C)=C1C3(C)C)[C@]1(OC(C)=O)CO[C@@H]1C[C@@H]2O[Si](C)(C)c1ccccc1. The number of thiophene rings is 1. The van der Waals surface area contributed by atoms with Crippen molar-refractivity contribution in [3.05, 3.63) is 99.8 Å². The van der Waals surface area contributed by atoms with Gasteiger partial charge in [-0.3, -0.25) is 14.4 Å². The average molecular weight is 1020 g/mol. The predicted octanol–water partition coefficient (Wildman–Crippen LogP) is 7.91. The number of carbonyl (C=O) groups is 6. The topological polar surface area (TPSA) is 209 Å². The molecular weight excluding hydrogens is 951 g/mol. The van der Waals surface area contributed by atoms with Gasteiger partial charge in [0.1, 0.15) is 29.5 Å². The Balaban J connectivity index is 1.46. The van der Waals surface area contributed by atoms with Gasteiger partial charge in [0.05, 0.1) is 48.2 Å². The second-order valence-electron chi connectivity index (χ2n) is 21.3. The van der Waals surface area contributed by atoms with Crippen LogP contribution in [-0.2, 0) is 52.0 Å². The first-order chi connectivity index (χ1) is 33.2. The fourth-order valence-electron chi connectivity index (χ4n) is 11.2. The molecule has 1 aliphatic heterocycles. The van der Waals surface area contributed by atoms with Gasteiger partial charge < -0.3 is 48.0 Å². The lowest BCUT2D eigenvalue weighted by molar-refractivity contribution is -0.344. The molecule has 1 aromatic heterocycles. The quantitative estimate of drug-likeness (QED) is 0.0722. The zero-order valence-corrected chi connectivity index (χ0v) is 44.3. The van der Waals surface area contributed by atoms with Crippen molar-refractivity contribution in [2.45, 2.75) is 149 Å². The highest BCUT2D eigenvalue weighted by Crippen LogP contribution is 2.65. The minimum Gasteiger partial charge on any atom is -0.457 e. The van der Waals surface area contributed by atoms with E-state index in [4.69, 9.17) is 37.6 Å². The monoisotopic (exact) mass is 1020 g/mol. The average Bonchev–Trinajstić information content (AvgIpc) is 3.83. The largest absolute Gasteiger partial charge is 0.509 e. The number of ether oxygens (including phenoxy) is 7. The minimum absolute atomic E-state index is 0.0154. The van der Waals surface area contributed by atoms with Gasteiger partial charge in [-0.1, -0.05) is 68.4 Å². The molecule has 2 unspecified atom stereocenters. The number of alkyl carbamates (subject to hydrolysis) is 1. The molecule has 2 bridgehead atoms. The first-order valence-electron chi connectivity index (χ1n) is 24.1. The molecular formula is C53H67NO15SSi. The maximum absolute atomic E-state index is 16.5.